The van der Waals surface area contributed by atoms with Gasteiger partial charge in [0.15, 0.2) is 5.96 Å². The molecule has 1 aromatic carbocycles. The van der Waals surface area contributed by atoms with Crippen LogP contribution in [0.1, 0.15) is 31.4 Å². The first kappa shape index (κ1) is 18.5. The molecular weight excluding hydrogens is 401 g/mol. The van der Waals surface area contributed by atoms with E-state index in [1.165, 1.54) is 12.8 Å². The summed E-state index contributed by atoms with van der Waals surface area (Å²) in [5.74, 6) is 1.56. The summed E-state index contributed by atoms with van der Waals surface area (Å²) in [7, 11) is 0. The van der Waals surface area contributed by atoms with Gasteiger partial charge in [-0.2, -0.15) is 0 Å². The second-order valence-corrected chi connectivity index (χ2v) is 5.55. The van der Waals surface area contributed by atoms with E-state index in [0.717, 1.165) is 30.5 Å². The number of nitrogens with zero attached hydrogens (tertiary/aromatic N) is 1. The zero-order valence-corrected chi connectivity index (χ0v) is 15.3. The van der Waals surface area contributed by atoms with Crippen LogP contribution in [0.3, 0.4) is 0 Å². The van der Waals surface area contributed by atoms with Crippen molar-refractivity contribution in [2.75, 3.05) is 19.6 Å². The Morgan fingerprint density at radius 1 is 1.33 bits per heavy atom. The van der Waals surface area contributed by atoms with Gasteiger partial charge in [-0.25, -0.2) is 0 Å². The molecule has 0 aliphatic heterocycles. The number of rotatable bonds is 6. The molecule has 1 aliphatic carbocycles. The summed E-state index contributed by atoms with van der Waals surface area (Å²) in [5.41, 5.74) is 0.830. The van der Waals surface area contributed by atoms with E-state index in [1.807, 2.05) is 19.1 Å². The van der Waals surface area contributed by atoms with Gasteiger partial charge in [-0.3, -0.25) is 4.99 Å². The highest BCUT2D eigenvalue weighted by Crippen LogP contribution is 2.27. The lowest BCUT2D eigenvalue weighted by atomic mass is 10.1. The summed E-state index contributed by atoms with van der Waals surface area (Å²) in [6.07, 6.45) is 2.00. The third-order valence-corrected chi connectivity index (χ3v) is 3.53. The average molecular weight is 424 g/mol. The molecule has 1 saturated carbocycles. The maximum Gasteiger partial charge on any atom is 0.191 e. The lowest BCUT2D eigenvalue weighted by Crippen LogP contribution is -2.38. The van der Waals surface area contributed by atoms with E-state index in [2.05, 4.69) is 15.6 Å². The summed E-state index contributed by atoms with van der Waals surface area (Å²) < 4.78 is 0. The molecule has 0 amide bonds. The Hall–Kier alpha value is -0.530. The number of aliphatic imine (C=N–C) groups is 1. The Morgan fingerprint density at radius 2 is 2.00 bits per heavy atom. The fourth-order valence-corrected chi connectivity index (χ4v) is 2.00. The largest absolute Gasteiger partial charge is 0.386 e. The van der Waals surface area contributed by atoms with Crippen molar-refractivity contribution in [3.8, 4) is 0 Å². The van der Waals surface area contributed by atoms with Crippen LogP contribution in [0.5, 0.6) is 0 Å². The minimum absolute atomic E-state index is 0. The predicted octanol–water partition coefficient (Wildman–Crippen LogP) is 2.96. The van der Waals surface area contributed by atoms with Crippen molar-refractivity contribution >= 4 is 41.5 Å². The van der Waals surface area contributed by atoms with Gasteiger partial charge < -0.3 is 15.7 Å². The van der Waals surface area contributed by atoms with Crippen molar-refractivity contribution in [3.63, 3.8) is 0 Å². The standard InChI is InChI=1S/C15H22ClN3O.HI/c1-2-17-15(18-9-11-3-4-11)19-10-14(20)12-5-7-13(16)8-6-12;/h5-8,11,14,20H,2-4,9-10H2,1H3,(H2,17,18,19);1H. The van der Waals surface area contributed by atoms with Gasteiger partial charge in [0.25, 0.3) is 0 Å². The van der Waals surface area contributed by atoms with Crippen LogP contribution in [0.25, 0.3) is 0 Å². The molecule has 0 saturated heterocycles. The van der Waals surface area contributed by atoms with Crippen molar-refractivity contribution in [2.24, 2.45) is 10.9 Å². The smallest absolute Gasteiger partial charge is 0.191 e. The highest BCUT2D eigenvalue weighted by Gasteiger charge is 2.21. The molecule has 0 aromatic heterocycles. The fraction of sp³-hybridized carbons (Fsp3) is 0.533. The number of halogens is 2. The van der Waals surface area contributed by atoms with Crippen LogP contribution in [-0.2, 0) is 0 Å². The normalized spacial score (nSPS) is 16.0. The molecule has 0 heterocycles. The maximum absolute atomic E-state index is 10.1. The summed E-state index contributed by atoms with van der Waals surface area (Å²) in [6, 6.07) is 7.21. The molecule has 0 spiro atoms. The van der Waals surface area contributed by atoms with Crippen LogP contribution in [0, 0.1) is 5.92 Å². The highest BCUT2D eigenvalue weighted by molar-refractivity contribution is 14.0. The molecule has 21 heavy (non-hydrogen) atoms. The number of hydrogen-bond acceptors (Lipinski definition) is 2. The van der Waals surface area contributed by atoms with Crippen molar-refractivity contribution in [2.45, 2.75) is 25.9 Å². The Morgan fingerprint density at radius 3 is 2.57 bits per heavy atom. The first-order valence-corrected chi connectivity index (χ1v) is 7.52. The first-order chi connectivity index (χ1) is 9.69. The van der Waals surface area contributed by atoms with Gasteiger partial charge in [-0.05, 0) is 43.4 Å². The molecule has 118 valence electrons. The first-order valence-electron chi connectivity index (χ1n) is 7.14. The third-order valence-electron chi connectivity index (χ3n) is 3.28. The van der Waals surface area contributed by atoms with E-state index in [4.69, 9.17) is 11.6 Å². The maximum atomic E-state index is 10.1. The van der Waals surface area contributed by atoms with E-state index in [9.17, 15) is 5.11 Å². The van der Waals surface area contributed by atoms with Gasteiger partial charge in [0.1, 0.15) is 0 Å². The SMILES string of the molecule is CCNC(=NCC(O)c1ccc(Cl)cc1)NCC1CC1.I. The van der Waals surface area contributed by atoms with Crippen LogP contribution in [0.15, 0.2) is 29.3 Å². The van der Waals surface area contributed by atoms with Gasteiger partial charge in [0.05, 0.1) is 12.6 Å². The molecule has 6 heteroatoms. The Balaban J connectivity index is 0.00000220. The van der Waals surface area contributed by atoms with Crippen molar-refractivity contribution in [1.29, 1.82) is 0 Å². The Kier molecular flexibility index (Phi) is 8.36. The van der Waals surface area contributed by atoms with E-state index in [-0.39, 0.29) is 24.0 Å². The predicted molar refractivity (Wildman–Crippen MR) is 98.5 cm³/mol. The van der Waals surface area contributed by atoms with Crippen molar-refractivity contribution < 1.29 is 5.11 Å². The number of hydrogen-bond donors (Lipinski definition) is 3. The minimum atomic E-state index is -0.608. The zero-order valence-electron chi connectivity index (χ0n) is 12.2. The molecular formula is C15H23ClIN3O. The number of nitrogens with one attached hydrogen (secondary N) is 2. The van der Waals surface area contributed by atoms with E-state index in [1.54, 1.807) is 12.1 Å². The molecule has 0 radical (unpaired) electrons. The molecule has 2 rings (SSSR count). The molecule has 1 atom stereocenters. The van der Waals surface area contributed by atoms with Gasteiger partial charge in [0, 0.05) is 18.1 Å². The van der Waals surface area contributed by atoms with E-state index < -0.39 is 6.10 Å². The van der Waals surface area contributed by atoms with Crippen molar-refractivity contribution in [3.05, 3.63) is 34.9 Å². The van der Waals surface area contributed by atoms with Gasteiger partial charge in [0.2, 0.25) is 0 Å². The number of aliphatic hydroxyl groups excluding tert-OH is 1. The molecule has 3 N–H and O–H groups in total. The third kappa shape index (κ3) is 6.84. The minimum Gasteiger partial charge on any atom is -0.386 e. The topological polar surface area (TPSA) is 56.7 Å². The van der Waals surface area contributed by atoms with Crippen LogP contribution in [0.2, 0.25) is 5.02 Å². The second kappa shape index (κ2) is 9.48. The van der Waals surface area contributed by atoms with Crippen LogP contribution < -0.4 is 10.6 Å². The van der Waals surface area contributed by atoms with E-state index >= 15 is 0 Å². The molecule has 0 bridgehead atoms. The van der Waals surface area contributed by atoms with Crippen molar-refractivity contribution in [1.82, 2.24) is 10.6 Å². The van der Waals surface area contributed by atoms with Gasteiger partial charge >= 0.3 is 0 Å². The summed E-state index contributed by atoms with van der Waals surface area (Å²) >= 11 is 5.83. The second-order valence-electron chi connectivity index (χ2n) is 5.11. The Bertz CT molecular complexity index is 449. The van der Waals surface area contributed by atoms with E-state index in [0.29, 0.717) is 11.6 Å². The number of guanidine groups is 1. The van der Waals surface area contributed by atoms with Crippen LogP contribution in [0.4, 0.5) is 0 Å². The summed E-state index contributed by atoms with van der Waals surface area (Å²) in [4.78, 5) is 4.42. The number of benzene rings is 1. The molecule has 1 fully saturated rings. The van der Waals surface area contributed by atoms with Gasteiger partial charge in [-0.1, -0.05) is 23.7 Å². The van der Waals surface area contributed by atoms with Crippen LogP contribution >= 0.6 is 35.6 Å². The molecule has 1 unspecified atom stereocenters. The monoisotopic (exact) mass is 423 g/mol. The Labute approximate surface area is 148 Å². The lowest BCUT2D eigenvalue weighted by Gasteiger charge is -2.13. The fourth-order valence-electron chi connectivity index (χ4n) is 1.87. The molecule has 1 aliphatic rings. The molecule has 1 aromatic rings. The summed E-state index contributed by atoms with van der Waals surface area (Å²) in [5, 5.41) is 17.3. The van der Waals surface area contributed by atoms with Crippen LogP contribution in [-0.4, -0.2) is 30.7 Å². The quantitative estimate of drug-likeness (QED) is 0.375. The van der Waals surface area contributed by atoms with Gasteiger partial charge in [-0.15, -0.1) is 24.0 Å². The summed E-state index contributed by atoms with van der Waals surface area (Å²) in [6.45, 7) is 4.14. The highest BCUT2D eigenvalue weighted by atomic mass is 127. The zero-order chi connectivity index (χ0) is 14.4. The number of aliphatic hydroxyl groups is 1. The lowest BCUT2D eigenvalue weighted by molar-refractivity contribution is 0.187. The molecule has 4 nitrogen and oxygen atoms in total. The average Bonchev–Trinajstić information content (AvgIpc) is 3.26.